The predicted octanol–water partition coefficient (Wildman–Crippen LogP) is 0.0803. The number of nitrogens with zero attached hydrogens (tertiary/aromatic N) is 2. The number of aromatic nitrogens is 2. The molecule has 17 heavy (non-hydrogen) atoms. The molecular formula is C10H13IN2O4. The average Bonchev–Trinajstić information content (AvgIpc) is 2.28. The van der Waals surface area contributed by atoms with Crippen molar-refractivity contribution < 1.29 is 14.6 Å². The molecule has 1 N–H and O–H groups in total. The van der Waals surface area contributed by atoms with Gasteiger partial charge in [-0.1, -0.05) is 0 Å². The van der Waals surface area contributed by atoms with Gasteiger partial charge in [0.2, 0.25) is 0 Å². The summed E-state index contributed by atoms with van der Waals surface area (Å²) < 4.78 is 6.10. The van der Waals surface area contributed by atoms with Crippen molar-refractivity contribution in [2.75, 3.05) is 7.11 Å². The highest BCUT2D eigenvalue weighted by atomic mass is 127. The van der Waals surface area contributed by atoms with Crippen molar-refractivity contribution in [1.82, 2.24) is 9.55 Å². The van der Waals surface area contributed by atoms with Crippen molar-refractivity contribution in [3.05, 3.63) is 25.9 Å². The first-order valence-corrected chi connectivity index (χ1v) is 5.90. The first-order chi connectivity index (χ1) is 7.79. The highest BCUT2D eigenvalue weighted by Gasteiger charge is 2.32. The molecule has 0 saturated carbocycles. The van der Waals surface area contributed by atoms with Crippen molar-refractivity contribution in [1.29, 1.82) is 0 Å². The van der Waals surface area contributed by atoms with Crippen LogP contribution in [0.25, 0.3) is 0 Å². The van der Waals surface area contributed by atoms with Crippen LogP contribution in [0.4, 0.5) is 0 Å². The maximum Gasteiger partial charge on any atom is 0.339 e. The van der Waals surface area contributed by atoms with Gasteiger partial charge in [0.25, 0.3) is 5.56 Å². The van der Waals surface area contributed by atoms with E-state index < -0.39 is 11.6 Å². The van der Waals surface area contributed by atoms with Crippen LogP contribution in [0.1, 0.15) is 12.6 Å². The first-order valence-electron chi connectivity index (χ1n) is 4.82. The zero-order chi connectivity index (χ0) is 13.2. The summed E-state index contributed by atoms with van der Waals surface area (Å²) in [5.41, 5.74) is -1.43. The molecule has 1 heterocycles. The minimum Gasteiger partial charge on any atom is -0.467 e. The number of carbonyl (C=O) groups is 1. The molecule has 0 saturated heterocycles. The molecule has 0 aliphatic rings. The van der Waals surface area contributed by atoms with Gasteiger partial charge in [0.15, 0.2) is 5.60 Å². The first kappa shape index (κ1) is 14.1. The second kappa shape index (κ2) is 5.13. The summed E-state index contributed by atoms with van der Waals surface area (Å²) in [6.07, 6.45) is 1.30. The van der Waals surface area contributed by atoms with Crippen LogP contribution in [0.3, 0.4) is 0 Å². The van der Waals surface area contributed by atoms with E-state index in [4.69, 9.17) is 0 Å². The van der Waals surface area contributed by atoms with E-state index in [2.05, 4.69) is 9.72 Å². The van der Waals surface area contributed by atoms with Gasteiger partial charge >= 0.3 is 5.97 Å². The topological polar surface area (TPSA) is 81.4 Å². The van der Waals surface area contributed by atoms with Crippen molar-refractivity contribution in [2.45, 2.75) is 26.0 Å². The van der Waals surface area contributed by atoms with Gasteiger partial charge in [0.1, 0.15) is 0 Å². The van der Waals surface area contributed by atoms with E-state index in [-0.39, 0.29) is 12.1 Å². The van der Waals surface area contributed by atoms with E-state index in [1.54, 1.807) is 6.92 Å². The Hall–Kier alpha value is -0.960. The molecule has 0 aliphatic heterocycles. The molecule has 0 aliphatic carbocycles. The molecule has 0 amide bonds. The van der Waals surface area contributed by atoms with Crippen LogP contribution in [0.2, 0.25) is 0 Å². The van der Waals surface area contributed by atoms with Crippen LogP contribution in [0.15, 0.2) is 11.1 Å². The molecule has 94 valence electrons. The number of esters is 1. The van der Waals surface area contributed by atoms with E-state index >= 15 is 0 Å². The molecule has 0 radical (unpaired) electrons. The number of aryl methyl sites for hydroxylation is 1. The van der Waals surface area contributed by atoms with Crippen molar-refractivity contribution >= 4 is 28.6 Å². The molecule has 1 aromatic heterocycles. The summed E-state index contributed by atoms with van der Waals surface area (Å²) in [5.74, 6) is -0.792. The van der Waals surface area contributed by atoms with Crippen LogP contribution < -0.4 is 5.56 Å². The Labute approximate surface area is 112 Å². The summed E-state index contributed by atoms with van der Waals surface area (Å²) in [5, 5.41) is 9.86. The molecule has 7 heteroatoms. The molecule has 0 spiro atoms. The Morgan fingerprint density at radius 2 is 2.29 bits per heavy atom. The molecule has 1 atom stereocenters. The Kier molecular flexibility index (Phi) is 4.26. The standard InChI is InChI=1S/C10H13IN2O4/c1-6-7(11)8(14)13(5-12-6)4-10(2,16)9(15)17-3/h5,16H,4H2,1-3H3. The number of carbonyl (C=O) groups excluding carboxylic acids is 1. The Morgan fingerprint density at radius 3 is 2.82 bits per heavy atom. The lowest BCUT2D eigenvalue weighted by Crippen LogP contribution is -2.43. The number of aliphatic hydroxyl groups is 1. The van der Waals surface area contributed by atoms with Gasteiger partial charge in [-0.2, -0.15) is 0 Å². The van der Waals surface area contributed by atoms with Gasteiger partial charge in [0.05, 0.1) is 29.2 Å². The summed E-state index contributed by atoms with van der Waals surface area (Å²) >= 11 is 1.88. The quantitative estimate of drug-likeness (QED) is 0.616. The van der Waals surface area contributed by atoms with E-state index in [1.165, 1.54) is 24.9 Å². The van der Waals surface area contributed by atoms with Crippen LogP contribution in [0.5, 0.6) is 0 Å². The number of methoxy groups -OCH3 is 1. The van der Waals surface area contributed by atoms with Crippen molar-refractivity contribution in [3.8, 4) is 0 Å². The number of halogens is 1. The zero-order valence-corrected chi connectivity index (χ0v) is 11.9. The third kappa shape index (κ3) is 3.03. The summed E-state index contributed by atoms with van der Waals surface area (Å²) in [4.78, 5) is 27.1. The van der Waals surface area contributed by atoms with Gasteiger partial charge in [0, 0.05) is 0 Å². The van der Waals surface area contributed by atoms with Gasteiger partial charge < -0.3 is 9.84 Å². The molecule has 1 aromatic rings. The largest absolute Gasteiger partial charge is 0.467 e. The normalized spacial score (nSPS) is 14.2. The molecule has 0 bridgehead atoms. The second-order valence-corrected chi connectivity index (χ2v) is 4.92. The van der Waals surface area contributed by atoms with Gasteiger partial charge in [-0.05, 0) is 36.4 Å². The molecule has 6 nitrogen and oxygen atoms in total. The van der Waals surface area contributed by atoms with E-state index in [0.29, 0.717) is 9.26 Å². The zero-order valence-electron chi connectivity index (χ0n) is 9.73. The predicted molar refractivity (Wildman–Crippen MR) is 68.6 cm³/mol. The summed E-state index contributed by atoms with van der Waals surface area (Å²) in [6, 6.07) is 0. The van der Waals surface area contributed by atoms with Crippen molar-refractivity contribution in [2.24, 2.45) is 0 Å². The third-order valence-corrected chi connectivity index (χ3v) is 3.50. The summed E-state index contributed by atoms with van der Waals surface area (Å²) in [6.45, 7) is 2.81. The lowest BCUT2D eigenvalue weighted by molar-refractivity contribution is -0.161. The smallest absolute Gasteiger partial charge is 0.339 e. The highest BCUT2D eigenvalue weighted by molar-refractivity contribution is 14.1. The maximum absolute atomic E-state index is 11.8. The number of rotatable bonds is 3. The number of ether oxygens (including phenoxy) is 1. The maximum atomic E-state index is 11.8. The second-order valence-electron chi connectivity index (χ2n) is 3.84. The van der Waals surface area contributed by atoms with Crippen LogP contribution in [-0.2, 0) is 16.1 Å². The highest BCUT2D eigenvalue weighted by Crippen LogP contribution is 2.09. The van der Waals surface area contributed by atoms with E-state index in [9.17, 15) is 14.7 Å². The minimum atomic E-state index is -1.75. The van der Waals surface area contributed by atoms with Gasteiger partial charge in [-0.25, -0.2) is 9.78 Å². The SMILES string of the molecule is COC(=O)C(C)(O)Cn1cnc(C)c(I)c1=O. The monoisotopic (exact) mass is 352 g/mol. The summed E-state index contributed by atoms with van der Waals surface area (Å²) in [7, 11) is 1.18. The lowest BCUT2D eigenvalue weighted by Gasteiger charge is -2.21. The fraction of sp³-hybridized carbons (Fsp3) is 0.500. The fourth-order valence-corrected chi connectivity index (χ4v) is 1.72. The number of hydrogen-bond acceptors (Lipinski definition) is 5. The Balaban J connectivity index is 3.09. The lowest BCUT2D eigenvalue weighted by atomic mass is 10.1. The molecule has 1 unspecified atom stereocenters. The third-order valence-electron chi connectivity index (χ3n) is 2.26. The molecule has 0 aromatic carbocycles. The Bertz CT molecular complexity index is 496. The van der Waals surface area contributed by atoms with Gasteiger partial charge in [-0.3, -0.25) is 9.36 Å². The van der Waals surface area contributed by atoms with E-state index in [1.807, 2.05) is 22.6 Å². The van der Waals surface area contributed by atoms with E-state index in [0.717, 1.165) is 0 Å². The van der Waals surface area contributed by atoms with Crippen LogP contribution in [-0.4, -0.2) is 33.3 Å². The van der Waals surface area contributed by atoms with Gasteiger partial charge in [-0.15, -0.1) is 0 Å². The molecule has 0 fully saturated rings. The minimum absolute atomic E-state index is 0.193. The van der Waals surface area contributed by atoms with Crippen molar-refractivity contribution in [3.63, 3.8) is 0 Å². The molecular weight excluding hydrogens is 339 g/mol. The van der Waals surface area contributed by atoms with Crippen LogP contribution >= 0.6 is 22.6 Å². The molecule has 1 rings (SSSR count). The Morgan fingerprint density at radius 1 is 1.71 bits per heavy atom. The number of hydrogen-bond donors (Lipinski definition) is 1. The van der Waals surface area contributed by atoms with Crippen LogP contribution in [0, 0.1) is 10.5 Å². The average molecular weight is 352 g/mol. The fourth-order valence-electron chi connectivity index (χ4n) is 1.27.